The number of fused-ring (bicyclic) bond motifs is 2. The van der Waals surface area contributed by atoms with Crippen LogP contribution in [-0.4, -0.2) is 21.2 Å². The van der Waals surface area contributed by atoms with Crippen molar-refractivity contribution >= 4 is 39.3 Å². The van der Waals surface area contributed by atoms with E-state index in [4.69, 9.17) is 0 Å². The van der Waals surface area contributed by atoms with Gasteiger partial charge in [0.1, 0.15) is 5.82 Å². The van der Waals surface area contributed by atoms with Gasteiger partial charge in [0.05, 0.1) is 17.4 Å². The topological polar surface area (TPSA) is 64.0 Å². The largest absolute Gasteiger partial charge is 0.324 e. The molecule has 0 bridgehead atoms. The van der Waals surface area contributed by atoms with E-state index in [0.29, 0.717) is 15.4 Å². The second-order valence-corrected chi connectivity index (χ2v) is 8.09. The van der Waals surface area contributed by atoms with Crippen LogP contribution in [-0.2, 0) is 17.6 Å². The van der Waals surface area contributed by atoms with Gasteiger partial charge in [0.25, 0.3) is 5.56 Å². The molecule has 1 aromatic heterocycles. The minimum Gasteiger partial charge on any atom is -0.324 e. The number of aromatic nitrogens is 2. The van der Waals surface area contributed by atoms with Crippen LogP contribution in [0.15, 0.2) is 32.6 Å². The molecule has 2 heterocycles. The van der Waals surface area contributed by atoms with Gasteiger partial charge >= 0.3 is 0 Å². The first-order valence-electron chi connectivity index (χ1n) is 8.05. The standard InChI is InChI=1S/C17H15BrFN3O2S/c18-9-4-5-14(12(19)6-9)20-15(23)7-10-8-25-17-21-13-3-1-2-11(13)16(24)22(10)17/h4-6,10H,1-3,7-8H2,(H,20,23). The molecule has 2 aliphatic rings. The first kappa shape index (κ1) is 16.8. The number of halogens is 2. The fourth-order valence-electron chi connectivity index (χ4n) is 3.31. The van der Waals surface area contributed by atoms with Crippen molar-refractivity contribution in [3.05, 3.63) is 50.1 Å². The quantitative estimate of drug-likeness (QED) is 0.769. The molecule has 25 heavy (non-hydrogen) atoms. The number of aryl methyl sites for hydroxylation is 1. The van der Waals surface area contributed by atoms with Crippen LogP contribution in [0.2, 0.25) is 0 Å². The van der Waals surface area contributed by atoms with Gasteiger partial charge in [-0.3, -0.25) is 14.2 Å². The summed E-state index contributed by atoms with van der Waals surface area (Å²) in [5.41, 5.74) is 1.81. The van der Waals surface area contributed by atoms with Crippen molar-refractivity contribution in [2.75, 3.05) is 11.1 Å². The van der Waals surface area contributed by atoms with Gasteiger partial charge in [0.15, 0.2) is 5.16 Å². The lowest BCUT2D eigenvalue weighted by Gasteiger charge is -2.14. The number of carbonyl (C=O) groups excluding carboxylic acids is 1. The number of hydrogen-bond acceptors (Lipinski definition) is 4. The number of thioether (sulfide) groups is 1. The van der Waals surface area contributed by atoms with Crippen molar-refractivity contribution in [2.24, 2.45) is 0 Å². The molecule has 2 aromatic rings. The zero-order valence-corrected chi connectivity index (χ0v) is 15.6. The van der Waals surface area contributed by atoms with E-state index < -0.39 is 5.82 Å². The fraction of sp³-hybridized carbons (Fsp3) is 0.353. The molecule has 1 unspecified atom stereocenters. The van der Waals surface area contributed by atoms with E-state index in [1.807, 2.05) is 0 Å². The average molecular weight is 424 g/mol. The first-order chi connectivity index (χ1) is 12.0. The van der Waals surface area contributed by atoms with E-state index in [9.17, 15) is 14.0 Å². The molecule has 130 valence electrons. The molecular formula is C17H15BrFN3O2S. The molecule has 1 N–H and O–H groups in total. The van der Waals surface area contributed by atoms with E-state index in [2.05, 4.69) is 26.2 Å². The van der Waals surface area contributed by atoms with Crippen LogP contribution in [0.1, 0.15) is 30.1 Å². The highest BCUT2D eigenvalue weighted by Gasteiger charge is 2.31. The lowest BCUT2D eigenvalue weighted by atomic mass is 10.2. The minimum absolute atomic E-state index is 0.0184. The molecule has 1 aliphatic heterocycles. The maximum atomic E-state index is 13.9. The number of nitrogens with one attached hydrogen (secondary N) is 1. The summed E-state index contributed by atoms with van der Waals surface area (Å²) in [5.74, 6) is -0.186. The van der Waals surface area contributed by atoms with Gasteiger partial charge in [-0.25, -0.2) is 9.37 Å². The van der Waals surface area contributed by atoms with Gasteiger partial charge in [0.2, 0.25) is 5.91 Å². The fourth-order valence-corrected chi connectivity index (χ4v) is 4.80. The van der Waals surface area contributed by atoms with Crippen LogP contribution in [0.5, 0.6) is 0 Å². The van der Waals surface area contributed by atoms with Crippen molar-refractivity contribution in [3.63, 3.8) is 0 Å². The molecule has 8 heteroatoms. The number of amides is 1. The SMILES string of the molecule is O=C(CC1CSc2nc3c(c(=O)n21)CCC3)Nc1ccc(Br)cc1F. The van der Waals surface area contributed by atoms with Crippen molar-refractivity contribution < 1.29 is 9.18 Å². The highest BCUT2D eigenvalue weighted by molar-refractivity contribution is 9.10. The molecule has 0 spiro atoms. The van der Waals surface area contributed by atoms with Gasteiger partial charge in [-0.2, -0.15) is 0 Å². The molecule has 1 amide bonds. The van der Waals surface area contributed by atoms with E-state index in [1.165, 1.54) is 23.9 Å². The Kier molecular flexibility index (Phi) is 4.41. The van der Waals surface area contributed by atoms with Crippen molar-refractivity contribution in [2.45, 2.75) is 36.9 Å². The zero-order valence-electron chi connectivity index (χ0n) is 13.2. The molecular weight excluding hydrogens is 409 g/mol. The lowest BCUT2D eigenvalue weighted by molar-refractivity contribution is -0.116. The van der Waals surface area contributed by atoms with E-state index in [1.54, 1.807) is 10.6 Å². The van der Waals surface area contributed by atoms with Gasteiger partial charge in [-0.15, -0.1) is 0 Å². The molecule has 0 saturated carbocycles. The Bertz CT molecular complexity index is 931. The second kappa shape index (κ2) is 6.57. The number of anilines is 1. The molecule has 5 nitrogen and oxygen atoms in total. The predicted molar refractivity (Wildman–Crippen MR) is 97.6 cm³/mol. The third kappa shape index (κ3) is 3.13. The van der Waals surface area contributed by atoms with Crippen LogP contribution in [0, 0.1) is 5.82 Å². The van der Waals surface area contributed by atoms with E-state index >= 15 is 0 Å². The Balaban J connectivity index is 1.54. The maximum absolute atomic E-state index is 13.9. The normalized spacial score (nSPS) is 18.1. The van der Waals surface area contributed by atoms with Crippen molar-refractivity contribution in [3.8, 4) is 0 Å². The minimum atomic E-state index is -0.499. The zero-order chi connectivity index (χ0) is 17.6. The van der Waals surface area contributed by atoms with E-state index in [0.717, 1.165) is 30.5 Å². The summed E-state index contributed by atoms with van der Waals surface area (Å²) < 4.78 is 16.1. The average Bonchev–Trinajstić information content (AvgIpc) is 3.18. The molecule has 4 rings (SSSR count). The highest BCUT2D eigenvalue weighted by atomic mass is 79.9. The summed E-state index contributed by atoms with van der Waals surface area (Å²) in [6.07, 6.45) is 2.69. The third-order valence-corrected chi connectivity index (χ3v) is 6.09. The van der Waals surface area contributed by atoms with Crippen molar-refractivity contribution in [1.82, 2.24) is 9.55 Å². The van der Waals surface area contributed by atoms with Gasteiger partial charge in [-0.05, 0) is 37.5 Å². The summed E-state index contributed by atoms with van der Waals surface area (Å²) in [5, 5.41) is 3.28. The summed E-state index contributed by atoms with van der Waals surface area (Å²) in [6, 6.07) is 4.23. The van der Waals surface area contributed by atoms with Crippen LogP contribution in [0.3, 0.4) is 0 Å². The smallest absolute Gasteiger partial charge is 0.257 e. The number of carbonyl (C=O) groups is 1. The predicted octanol–water partition coefficient (Wildman–Crippen LogP) is 3.31. The highest BCUT2D eigenvalue weighted by Crippen LogP contribution is 2.34. The number of hydrogen-bond donors (Lipinski definition) is 1. The van der Waals surface area contributed by atoms with Gasteiger partial charge in [0, 0.05) is 22.2 Å². The Morgan fingerprint density at radius 1 is 1.44 bits per heavy atom. The summed E-state index contributed by atoms with van der Waals surface area (Å²) >= 11 is 4.68. The van der Waals surface area contributed by atoms with Crippen molar-refractivity contribution in [1.29, 1.82) is 0 Å². The maximum Gasteiger partial charge on any atom is 0.257 e. The summed E-state index contributed by atoms with van der Waals surface area (Å²) in [7, 11) is 0. The molecule has 1 aliphatic carbocycles. The van der Waals surface area contributed by atoms with Crippen LogP contribution in [0.25, 0.3) is 0 Å². The van der Waals surface area contributed by atoms with Crippen LogP contribution in [0.4, 0.5) is 10.1 Å². The van der Waals surface area contributed by atoms with Gasteiger partial charge < -0.3 is 5.32 Å². The monoisotopic (exact) mass is 423 g/mol. The number of rotatable bonds is 3. The molecule has 0 saturated heterocycles. The summed E-state index contributed by atoms with van der Waals surface area (Å²) in [6.45, 7) is 0. The number of nitrogens with zero attached hydrogens (tertiary/aromatic N) is 2. The van der Waals surface area contributed by atoms with Gasteiger partial charge in [-0.1, -0.05) is 27.7 Å². The first-order valence-corrected chi connectivity index (χ1v) is 9.83. The van der Waals surface area contributed by atoms with Crippen LogP contribution >= 0.6 is 27.7 Å². The second-order valence-electron chi connectivity index (χ2n) is 6.19. The molecule has 0 fully saturated rings. The summed E-state index contributed by atoms with van der Waals surface area (Å²) in [4.78, 5) is 29.6. The molecule has 1 atom stereocenters. The Labute approximate surface area is 156 Å². The Morgan fingerprint density at radius 3 is 3.08 bits per heavy atom. The Hall–Kier alpha value is -1.67. The van der Waals surface area contributed by atoms with E-state index in [-0.39, 0.29) is 29.6 Å². The lowest BCUT2D eigenvalue weighted by Crippen LogP contribution is -2.30. The number of benzene rings is 1. The third-order valence-electron chi connectivity index (χ3n) is 4.50. The Morgan fingerprint density at radius 2 is 2.28 bits per heavy atom. The van der Waals surface area contributed by atoms with Crippen LogP contribution < -0.4 is 10.9 Å². The molecule has 0 radical (unpaired) electrons. The molecule has 1 aromatic carbocycles.